The van der Waals surface area contributed by atoms with Crippen LogP contribution in [0.4, 0.5) is 0 Å². The molecule has 0 bridgehead atoms. The van der Waals surface area contributed by atoms with Gasteiger partial charge in [-0.1, -0.05) is 11.6 Å². The minimum absolute atomic E-state index is 0.173. The molecule has 1 aliphatic heterocycles. The molecule has 0 fully saturated rings. The number of hydrogen-bond acceptors (Lipinski definition) is 4. The Morgan fingerprint density at radius 1 is 1.36 bits per heavy atom. The van der Waals surface area contributed by atoms with Gasteiger partial charge in [-0.3, -0.25) is 9.48 Å². The molecule has 0 radical (unpaired) electrons. The van der Waals surface area contributed by atoms with Crippen molar-refractivity contribution in [2.24, 2.45) is 0 Å². The smallest absolute Gasteiger partial charge is 0.227 e. The second-order valence-corrected chi connectivity index (χ2v) is 6.08. The second-order valence-electron chi connectivity index (χ2n) is 6.08. The molecule has 2 N–H and O–H groups in total. The van der Waals surface area contributed by atoms with E-state index in [0.717, 1.165) is 44.5 Å². The van der Waals surface area contributed by atoms with Gasteiger partial charge in [0.1, 0.15) is 6.10 Å². The molecule has 1 amide bonds. The van der Waals surface area contributed by atoms with Crippen molar-refractivity contribution in [1.82, 2.24) is 14.7 Å². The summed E-state index contributed by atoms with van der Waals surface area (Å²) in [6, 6.07) is 1.79. The van der Waals surface area contributed by atoms with E-state index in [9.17, 15) is 9.90 Å². The highest BCUT2D eigenvalue weighted by atomic mass is 16.3. The average Bonchev–Trinajstić information content (AvgIpc) is 3.12. The molecule has 3 rings (SSSR count). The summed E-state index contributed by atoms with van der Waals surface area (Å²) in [7, 11) is 0. The van der Waals surface area contributed by atoms with Crippen molar-refractivity contribution in [2.45, 2.75) is 51.3 Å². The zero-order chi connectivity index (χ0) is 15.5. The largest absolute Gasteiger partial charge is 0.393 e. The van der Waals surface area contributed by atoms with Gasteiger partial charge in [-0.05, 0) is 31.7 Å². The molecule has 1 aliphatic carbocycles. The van der Waals surface area contributed by atoms with Crippen LogP contribution in [-0.2, 0) is 17.9 Å². The molecule has 2 heterocycles. The summed E-state index contributed by atoms with van der Waals surface area (Å²) in [4.78, 5) is 14.4. The fourth-order valence-corrected chi connectivity index (χ4v) is 3.16. The summed E-state index contributed by atoms with van der Waals surface area (Å²) >= 11 is 0. The van der Waals surface area contributed by atoms with Crippen LogP contribution in [0.3, 0.4) is 0 Å². The van der Waals surface area contributed by atoms with Crippen LogP contribution in [0.2, 0.25) is 0 Å². The van der Waals surface area contributed by atoms with Gasteiger partial charge in [0.15, 0.2) is 0 Å². The Hall–Kier alpha value is -1.66. The van der Waals surface area contributed by atoms with Crippen molar-refractivity contribution in [3.05, 3.63) is 29.1 Å². The van der Waals surface area contributed by atoms with Gasteiger partial charge in [-0.15, -0.1) is 0 Å². The van der Waals surface area contributed by atoms with Gasteiger partial charge in [-0.2, -0.15) is 5.10 Å². The van der Waals surface area contributed by atoms with E-state index in [-0.39, 0.29) is 12.5 Å². The first kappa shape index (κ1) is 15.2. The standard InChI is InChI=1S/C16H23N3O3/c20-11-15(21)14-9-13-10-18(6-3-7-19(13)17-14)16(22)8-12-4-1-2-5-12/h4,9,15,20-21H,1-3,5-8,10-11H2/t15-/m1/s1. The van der Waals surface area contributed by atoms with Crippen molar-refractivity contribution >= 4 is 5.91 Å². The Labute approximate surface area is 130 Å². The molecular formula is C16H23N3O3. The molecule has 6 heteroatoms. The Bertz CT molecular complexity index is 579. The zero-order valence-electron chi connectivity index (χ0n) is 12.7. The summed E-state index contributed by atoms with van der Waals surface area (Å²) in [5.74, 6) is 0.173. The summed E-state index contributed by atoms with van der Waals surface area (Å²) in [6.45, 7) is 1.66. The minimum atomic E-state index is -0.952. The third-order valence-electron chi connectivity index (χ3n) is 4.41. The van der Waals surface area contributed by atoms with E-state index in [1.165, 1.54) is 5.57 Å². The molecule has 0 spiro atoms. The number of nitrogens with zero attached hydrogens (tertiary/aromatic N) is 3. The first-order valence-corrected chi connectivity index (χ1v) is 7.98. The van der Waals surface area contributed by atoms with Gasteiger partial charge < -0.3 is 15.1 Å². The van der Waals surface area contributed by atoms with E-state index in [2.05, 4.69) is 11.2 Å². The third kappa shape index (κ3) is 3.23. The number of fused-ring (bicyclic) bond motifs is 1. The normalized spacial score (nSPS) is 19.5. The summed E-state index contributed by atoms with van der Waals surface area (Å²) in [5, 5.41) is 23.1. The van der Waals surface area contributed by atoms with Crippen LogP contribution in [0.15, 0.2) is 17.7 Å². The number of aryl methyl sites for hydroxylation is 1. The lowest BCUT2D eigenvalue weighted by atomic mass is 10.1. The zero-order valence-corrected chi connectivity index (χ0v) is 12.7. The van der Waals surface area contributed by atoms with Crippen molar-refractivity contribution in [3.8, 4) is 0 Å². The van der Waals surface area contributed by atoms with Gasteiger partial charge in [0.05, 0.1) is 24.5 Å². The van der Waals surface area contributed by atoms with Crippen molar-refractivity contribution in [1.29, 1.82) is 0 Å². The summed E-state index contributed by atoms with van der Waals surface area (Å²) < 4.78 is 1.84. The van der Waals surface area contributed by atoms with Gasteiger partial charge in [0.25, 0.3) is 0 Å². The fourth-order valence-electron chi connectivity index (χ4n) is 3.16. The number of allylic oxidation sites excluding steroid dienone is 1. The number of carbonyl (C=O) groups excluding carboxylic acids is 1. The van der Waals surface area contributed by atoms with Crippen LogP contribution < -0.4 is 0 Å². The Morgan fingerprint density at radius 3 is 2.95 bits per heavy atom. The van der Waals surface area contributed by atoms with Crippen LogP contribution >= 0.6 is 0 Å². The second kappa shape index (κ2) is 6.62. The number of aromatic nitrogens is 2. The van der Waals surface area contributed by atoms with Crippen LogP contribution in [0.1, 0.15) is 49.6 Å². The highest BCUT2D eigenvalue weighted by Crippen LogP contribution is 2.23. The maximum atomic E-state index is 12.5. The molecule has 120 valence electrons. The molecule has 0 aromatic carbocycles. The van der Waals surface area contributed by atoms with Gasteiger partial charge >= 0.3 is 0 Å². The van der Waals surface area contributed by atoms with Crippen LogP contribution in [-0.4, -0.2) is 44.0 Å². The van der Waals surface area contributed by atoms with Gasteiger partial charge in [0, 0.05) is 19.5 Å². The molecule has 1 aromatic heterocycles. The first-order valence-electron chi connectivity index (χ1n) is 7.98. The molecule has 1 atom stereocenters. The molecular weight excluding hydrogens is 282 g/mol. The van der Waals surface area contributed by atoms with Crippen LogP contribution in [0, 0.1) is 0 Å². The highest BCUT2D eigenvalue weighted by Gasteiger charge is 2.23. The van der Waals surface area contributed by atoms with E-state index < -0.39 is 6.10 Å². The number of hydrogen-bond donors (Lipinski definition) is 2. The van der Waals surface area contributed by atoms with Crippen molar-refractivity contribution < 1.29 is 15.0 Å². The summed E-state index contributed by atoms with van der Waals surface area (Å²) in [5.41, 5.74) is 2.66. The van der Waals surface area contributed by atoms with E-state index in [0.29, 0.717) is 18.7 Å². The van der Waals surface area contributed by atoms with Gasteiger partial charge in [0.2, 0.25) is 5.91 Å². The molecule has 0 saturated heterocycles. The predicted molar refractivity (Wildman–Crippen MR) is 80.9 cm³/mol. The average molecular weight is 305 g/mol. The molecule has 22 heavy (non-hydrogen) atoms. The SMILES string of the molecule is O=C(CC1=CCCC1)N1CCCn2nc([C@H](O)CO)cc2C1. The highest BCUT2D eigenvalue weighted by molar-refractivity contribution is 5.78. The van der Waals surface area contributed by atoms with E-state index in [1.54, 1.807) is 6.07 Å². The van der Waals surface area contributed by atoms with E-state index in [4.69, 9.17) is 5.11 Å². The topological polar surface area (TPSA) is 78.6 Å². The number of amides is 1. The van der Waals surface area contributed by atoms with Crippen molar-refractivity contribution in [3.63, 3.8) is 0 Å². The molecule has 6 nitrogen and oxygen atoms in total. The molecule has 1 aromatic rings. The summed E-state index contributed by atoms with van der Waals surface area (Å²) in [6.07, 6.45) is 5.93. The number of rotatable bonds is 4. The van der Waals surface area contributed by atoms with Crippen LogP contribution in [0.25, 0.3) is 0 Å². The number of carbonyl (C=O) groups is 1. The van der Waals surface area contributed by atoms with Gasteiger partial charge in [-0.25, -0.2) is 0 Å². The quantitative estimate of drug-likeness (QED) is 0.818. The van der Waals surface area contributed by atoms with Crippen LogP contribution in [0.5, 0.6) is 0 Å². The fraction of sp³-hybridized carbons (Fsp3) is 0.625. The van der Waals surface area contributed by atoms with Crippen molar-refractivity contribution in [2.75, 3.05) is 13.2 Å². The Kier molecular flexibility index (Phi) is 4.59. The lowest BCUT2D eigenvalue weighted by molar-refractivity contribution is -0.131. The number of aliphatic hydroxyl groups excluding tert-OH is 2. The lowest BCUT2D eigenvalue weighted by Crippen LogP contribution is -2.30. The van der Waals surface area contributed by atoms with E-state index >= 15 is 0 Å². The predicted octanol–water partition coefficient (Wildman–Crippen LogP) is 1.14. The monoisotopic (exact) mass is 305 g/mol. The third-order valence-corrected chi connectivity index (χ3v) is 4.41. The maximum Gasteiger partial charge on any atom is 0.227 e. The Balaban J connectivity index is 1.70. The number of aliphatic hydroxyl groups is 2. The molecule has 0 saturated carbocycles. The molecule has 0 unspecified atom stereocenters. The lowest BCUT2D eigenvalue weighted by Gasteiger charge is -2.20. The Morgan fingerprint density at radius 2 is 2.23 bits per heavy atom. The minimum Gasteiger partial charge on any atom is -0.393 e. The maximum absolute atomic E-state index is 12.5. The molecule has 2 aliphatic rings. The van der Waals surface area contributed by atoms with E-state index in [1.807, 2.05) is 9.58 Å². The first-order chi connectivity index (χ1) is 10.7.